The monoisotopic (exact) mass is 476 g/mol. The number of halogens is 3. The standard InChI is InChI=1S/C23H23Cl2FN4O2/c1-12(21-17(24)3-4-18(26)22(21)25)31-20-7-13(8-28-23(20)27)15-9-29-30(11-15)10-14-6-16-2-5-19(14)32-16/h3-4,7-9,11-12,14,16,19H,2,5-6,10H2,1H3,(H2,27,28). The minimum atomic E-state index is -0.634. The second-order valence-corrected chi connectivity index (χ2v) is 9.23. The van der Waals surface area contributed by atoms with Gasteiger partial charge in [0.2, 0.25) is 0 Å². The van der Waals surface area contributed by atoms with E-state index in [4.69, 9.17) is 38.4 Å². The van der Waals surface area contributed by atoms with Gasteiger partial charge in [-0.15, -0.1) is 0 Å². The molecule has 0 saturated carbocycles. The summed E-state index contributed by atoms with van der Waals surface area (Å²) in [5.41, 5.74) is 8.11. The maximum absolute atomic E-state index is 13.9. The van der Waals surface area contributed by atoms with E-state index in [0.717, 1.165) is 30.5 Å². The average molecular weight is 477 g/mol. The minimum absolute atomic E-state index is 0.0708. The van der Waals surface area contributed by atoms with Gasteiger partial charge >= 0.3 is 0 Å². The fourth-order valence-electron chi connectivity index (χ4n) is 4.66. The van der Waals surface area contributed by atoms with Crippen molar-refractivity contribution in [1.82, 2.24) is 14.8 Å². The number of benzene rings is 1. The van der Waals surface area contributed by atoms with E-state index in [0.29, 0.717) is 34.5 Å². The van der Waals surface area contributed by atoms with Crippen molar-refractivity contribution in [1.29, 1.82) is 0 Å². The van der Waals surface area contributed by atoms with Crippen LogP contribution in [0.15, 0.2) is 36.8 Å². The first-order valence-corrected chi connectivity index (χ1v) is 11.4. The predicted molar refractivity (Wildman–Crippen MR) is 121 cm³/mol. The maximum atomic E-state index is 13.9. The molecule has 2 N–H and O–H groups in total. The summed E-state index contributed by atoms with van der Waals surface area (Å²) in [5.74, 6) is 0.526. The highest BCUT2D eigenvalue weighted by atomic mass is 35.5. The molecule has 0 radical (unpaired) electrons. The molecule has 4 unspecified atom stereocenters. The summed E-state index contributed by atoms with van der Waals surface area (Å²) in [5, 5.41) is 4.76. The number of hydrogen-bond donors (Lipinski definition) is 1. The Labute approximate surface area is 195 Å². The zero-order valence-electron chi connectivity index (χ0n) is 17.5. The van der Waals surface area contributed by atoms with Crippen molar-refractivity contribution in [2.45, 2.75) is 51.0 Å². The van der Waals surface area contributed by atoms with E-state index in [1.165, 1.54) is 18.6 Å². The van der Waals surface area contributed by atoms with E-state index in [2.05, 4.69) is 10.1 Å². The molecule has 4 atom stereocenters. The first-order chi connectivity index (χ1) is 15.4. The molecule has 2 fully saturated rings. The number of hydrogen-bond acceptors (Lipinski definition) is 5. The summed E-state index contributed by atoms with van der Waals surface area (Å²) in [6.07, 6.45) is 9.03. The van der Waals surface area contributed by atoms with Crippen LogP contribution in [0.5, 0.6) is 5.75 Å². The van der Waals surface area contributed by atoms with Gasteiger partial charge in [0.1, 0.15) is 11.9 Å². The highest BCUT2D eigenvalue weighted by Crippen LogP contribution is 2.40. The number of pyridine rings is 1. The number of nitrogens with two attached hydrogens (primary N) is 1. The first kappa shape index (κ1) is 21.5. The lowest BCUT2D eigenvalue weighted by Crippen LogP contribution is -2.21. The molecule has 1 aromatic carbocycles. The van der Waals surface area contributed by atoms with Gasteiger partial charge in [-0.25, -0.2) is 9.37 Å². The second-order valence-electron chi connectivity index (χ2n) is 8.45. The Kier molecular flexibility index (Phi) is 5.73. The summed E-state index contributed by atoms with van der Waals surface area (Å²) >= 11 is 12.3. The number of nitrogen functional groups attached to an aromatic ring is 1. The van der Waals surface area contributed by atoms with Gasteiger partial charge < -0.3 is 15.2 Å². The molecule has 2 bridgehead atoms. The van der Waals surface area contributed by atoms with Crippen LogP contribution in [0.3, 0.4) is 0 Å². The summed E-state index contributed by atoms with van der Waals surface area (Å²) in [6, 6.07) is 4.46. The van der Waals surface area contributed by atoms with Gasteiger partial charge in [0, 0.05) is 46.6 Å². The van der Waals surface area contributed by atoms with Crippen molar-refractivity contribution in [2.24, 2.45) is 5.92 Å². The third kappa shape index (κ3) is 4.05. The van der Waals surface area contributed by atoms with Gasteiger partial charge in [-0.05, 0) is 44.4 Å². The molecule has 5 rings (SSSR count). The lowest BCUT2D eigenvalue weighted by atomic mass is 9.89. The zero-order valence-corrected chi connectivity index (χ0v) is 19.0. The van der Waals surface area contributed by atoms with E-state index in [9.17, 15) is 4.39 Å². The van der Waals surface area contributed by atoms with E-state index in [1.807, 2.05) is 10.9 Å². The molecule has 2 aliphatic heterocycles. The Hall–Kier alpha value is -2.35. The molecular formula is C23H23Cl2FN4O2. The lowest BCUT2D eigenvalue weighted by Gasteiger charge is -2.19. The fourth-order valence-corrected chi connectivity index (χ4v) is 5.34. The van der Waals surface area contributed by atoms with E-state index in [1.54, 1.807) is 25.4 Å². The van der Waals surface area contributed by atoms with Crippen LogP contribution in [0.25, 0.3) is 11.1 Å². The van der Waals surface area contributed by atoms with Crippen LogP contribution >= 0.6 is 23.2 Å². The van der Waals surface area contributed by atoms with Gasteiger partial charge in [0.05, 0.1) is 23.4 Å². The Balaban J connectivity index is 1.34. The summed E-state index contributed by atoms with van der Waals surface area (Å²) in [7, 11) is 0. The summed E-state index contributed by atoms with van der Waals surface area (Å²) in [4.78, 5) is 4.26. The Morgan fingerprint density at radius 3 is 2.88 bits per heavy atom. The van der Waals surface area contributed by atoms with E-state index in [-0.39, 0.29) is 10.8 Å². The number of anilines is 1. The topological polar surface area (TPSA) is 75.2 Å². The molecule has 2 saturated heterocycles. The van der Waals surface area contributed by atoms with Crippen LogP contribution in [0.4, 0.5) is 10.2 Å². The van der Waals surface area contributed by atoms with Gasteiger partial charge in [-0.3, -0.25) is 4.68 Å². The van der Waals surface area contributed by atoms with Crippen molar-refractivity contribution in [3.8, 4) is 16.9 Å². The summed E-state index contributed by atoms with van der Waals surface area (Å²) < 4.78 is 27.8. The molecule has 0 spiro atoms. The highest BCUT2D eigenvalue weighted by molar-refractivity contribution is 6.36. The van der Waals surface area contributed by atoms with E-state index >= 15 is 0 Å². The summed E-state index contributed by atoms with van der Waals surface area (Å²) in [6.45, 7) is 2.56. The zero-order chi connectivity index (χ0) is 22.4. The Morgan fingerprint density at radius 1 is 1.28 bits per heavy atom. The molecule has 6 nitrogen and oxygen atoms in total. The molecule has 168 valence electrons. The molecule has 0 aliphatic carbocycles. The fraction of sp³-hybridized carbons (Fsp3) is 0.391. The van der Waals surface area contributed by atoms with Crippen LogP contribution < -0.4 is 10.5 Å². The van der Waals surface area contributed by atoms with E-state index < -0.39 is 11.9 Å². The van der Waals surface area contributed by atoms with Crippen molar-refractivity contribution in [3.63, 3.8) is 0 Å². The normalized spacial score (nSPS) is 22.9. The van der Waals surface area contributed by atoms with Gasteiger partial charge in [0.15, 0.2) is 11.6 Å². The number of aromatic nitrogens is 3. The van der Waals surface area contributed by atoms with Crippen molar-refractivity contribution >= 4 is 29.0 Å². The number of ether oxygens (including phenoxy) is 2. The molecule has 9 heteroatoms. The highest BCUT2D eigenvalue weighted by Gasteiger charge is 2.40. The van der Waals surface area contributed by atoms with Crippen LogP contribution in [0, 0.1) is 11.7 Å². The SMILES string of the molecule is CC(Oc1cc(-c2cnn(CC3CC4CCC3O4)c2)cnc1N)c1c(Cl)ccc(F)c1Cl. The third-order valence-electron chi connectivity index (χ3n) is 6.29. The van der Waals surface area contributed by atoms with Crippen molar-refractivity contribution < 1.29 is 13.9 Å². The molecule has 2 aromatic heterocycles. The van der Waals surface area contributed by atoms with Gasteiger partial charge in [-0.2, -0.15) is 5.10 Å². The molecule has 3 aromatic rings. The second kappa shape index (κ2) is 8.54. The molecule has 0 amide bonds. The molecule has 32 heavy (non-hydrogen) atoms. The van der Waals surface area contributed by atoms with Crippen LogP contribution in [0.2, 0.25) is 10.0 Å². The lowest BCUT2D eigenvalue weighted by molar-refractivity contribution is 0.0893. The van der Waals surface area contributed by atoms with Crippen molar-refractivity contribution in [3.05, 3.63) is 58.2 Å². The molecular weight excluding hydrogens is 454 g/mol. The smallest absolute Gasteiger partial charge is 0.166 e. The predicted octanol–water partition coefficient (Wildman–Crippen LogP) is 5.68. The van der Waals surface area contributed by atoms with Gasteiger partial charge in [-0.1, -0.05) is 23.2 Å². The average Bonchev–Trinajstić information content (AvgIpc) is 3.50. The van der Waals surface area contributed by atoms with Crippen LogP contribution in [0.1, 0.15) is 37.9 Å². The van der Waals surface area contributed by atoms with Crippen molar-refractivity contribution in [2.75, 3.05) is 5.73 Å². The van der Waals surface area contributed by atoms with Crippen LogP contribution in [-0.2, 0) is 11.3 Å². The third-order valence-corrected chi connectivity index (χ3v) is 7.01. The number of nitrogens with zero attached hydrogens (tertiary/aromatic N) is 3. The van der Waals surface area contributed by atoms with Crippen LogP contribution in [-0.4, -0.2) is 27.0 Å². The maximum Gasteiger partial charge on any atom is 0.166 e. The number of rotatable bonds is 6. The number of fused-ring (bicyclic) bond motifs is 2. The van der Waals surface area contributed by atoms with Gasteiger partial charge in [0.25, 0.3) is 0 Å². The minimum Gasteiger partial charge on any atom is -0.482 e. The first-order valence-electron chi connectivity index (χ1n) is 10.6. The quantitative estimate of drug-likeness (QED) is 0.463. The Bertz CT molecular complexity index is 1160. The molecule has 2 aliphatic rings. The largest absolute Gasteiger partial charge is 0.482 e. The Morgan fingerprint density at radius 2 is 2.12 bits per heavy atom. The molecule has 4 heterocycles.